The zero-order chi connectivity index (χ0) is 23.5. The number of nitrogens with one attached hydrogen (secondary N) is 1. The van der Waals surface area contributed by atoms with E-state index in [0.29, 0.717) is 25.3 Å². The largest absolute Gasteiger partial charge is 0.497 e. The van der Waals surface area contributed by atoms with E-state index >= 15 is 0 Å². The molecule has 1 aliphatic heterocycles. The van der Waals surface area contributed by atoms with Gasteiger partial charge in [0, 0.05) is 38.3 Å². The number of amides is 2. The van der Waals surface area contributed by atoms with Crippen LogP contribution in [0.1, 0.15) is 42.1 Å². The minimum Gasteiger partial charge on any atom is -0.497 e. The highest BCUT2D eigenvalue weighted by Gasteiger charge is 2.20. The van der Waals surface area contributed by atoms with E-state index in [2.05, 4.69) is 29.3 Å². The summed E-state index contributed by atoms with van der Waals surface area (Å²) in [6.45, 7) is 6.76. The number of hydrogen-bond acceptors (Lipinski definition) is 5. The van der Waals surface area contributed by atoms with E-state index in [1.165, 1.54) is 5.56 Å². The molecule has 1 fully saturated rings. The molecular weight excluding hydrogens is 418 g/mol. The third-order valence-corrected chi connectivity index (χ3v) is 5.79. The molecule has 0 saturated carbocycles. The van der Waals surface area contributed by atoms with Crippen LogP contribution in [0.15, 0.2) is 48.5 Å². The Kier molecular flexibility index (Phi) is 9.57. The van der Waals surface area contributed by atoms with Crippen LogP contribution in [-0.4, -0.2) is 68.1 Å². The lowest BCUT2D eigenvalue weighted by molar-refractivity contribution is -0.130. The van der Waals surface area contributed by atoms with Crippen molar-refractivity contribution in [2.75, 3.05) is 46.4 Å². The second kappa shape index (κ2) is 12.8. The highest BCUT2D eigenvalue weighted by Crippen LogP contribution is 2.15. The molecule has 0 radical (unpaired) electrons. The first-order chi connectivity index (χ1) is 16.1. The van der Waals surface area contributed by atoms with Crippen LogP contribution in [0, 0.1) is 0 Å². The highest BCUT2D eigenvalue weighted by molar-refractivity contribution is 5.96. The van der Waals surface area contributed by atoms with Crippen LogP contribution in [0.3, 0.4) is 0 Å². The number of carbonyl (C=O) groups excluding carboxylic acids is 2. The van der Waals surface area contributed by atoms with Crippen LogP contribution in [-0.2, 0) is 11.3 Å². The first kappa shape index (κ1) is 24.6. The molecule has 1 heterocycles. The lowest BCUT2D eigenvalue weighted by atomic mass is 10.2. The molecule has 178 valence electrons. The summed E-state index contributed by atoms with van der Waals surface area (Å²) in [6, 6.07) is 15.1. The summed E-state index contributed by atoms with van der Waals surface area (Å²) in [5, 5.41) is 2.75. The molecule has 2 aromatic carbocycles. The lowest BCUT2D eigenvalue weighted by Crippen LogP contribution is -2.42. The Labute approximate surface area is 196 Å². The second-order valence-electron chi connectivity index (χ2n) is 8.27. The van der Waals surface area contributed by atoms with Crippen molar-refractivity contribution in [2.45, 2.75) is 32.7 Å². The van der Waals surface area contributed by atoms with Crippen molar-refractivity contribution in [3.63, 3.8) is 0 Å². The van der Waals surface area contributed by atoms with Crippen molar-refractivity contribution < 1.29 is 19.1 Å². The van der Waals surface area contributed by atoms with E-state index in [1.807, 2.05) is 17.0 Å². The van der Waals surface area contributed by atoms with Gasteiger partial charge in [-0.1, -0.05) is 25.5 Å². The molecule has 1 saturated heterocycles. The molecule has 0 aromatic heterocycles. The quantitative estimate of drug-likeness (QED) is 0.559. The van der Waals surface area contributed by atoms with Crippen molar-refractivity contribution in [3.05, 3.63) is 59.7 Å². The van der Waals surface area contributed by atoms with E-state index in [-0.39, 0.29) is 18.4 Å². The average Bonchev–Trinajstić information content (AvgIpc) is 3.09. The van der Waals surface area contributed by atoms with Crippen molar-refractivity contribution in [1.29, 1.82) is 0 Å². The molecule has 2 amide bonds. The normalized spacial score (nSPS) is 14.4. The Hall–Kier alpha value is -3.06. The number of benzene rings is 2. The molecule has 2 aromatic rings. The molecular formula is C26H35N3O4. The van der Waals surface area contributed by atoms with E-state index in [9.17, 15) is 9.59 Å². The van der Waals surface area contributed by atoms with Gasteiger partial charge in [-0.2, -0.15) is 0 Å². The van der Waals surface area contributed by atoms with Crippen molar-refractivity contribution in [2.24, 2.45) is 0 Å². The topological polar surface area (TPSA) is 71.1 Å². The summed E-state index contributed by atoms with van der Waals surface area (Å²) >= 11 is 0. The average molecular weight is 454 g/mol. The molecule has 7 heteroatoms. The van der Waals surface area contributed by atoms with Crippen molar-refractivity contribution in [3.8, 4) is 11.5 Å². The Morgan fingerprint density at radius 2 is 1.67 bits per heavy atom. The Bertz CT molecular complexity index is 883. The summed E-state index contributed by atoms with van der Waals surface area (Å²) in [7, 11) is 1.66. The van der Waals surface area contributed by atoms with E-state index < -0.39 is 0 Å². The molecule has 1 N–H and O–H groups in total. The van der Waals surface area contributed by atoms with Crippen LogP contribution in [0.4, 0.5) is 0 Å². The molecule has 0 bridgehead atoms. The molecule has 1 aliphatic rings. The number of ether oxygens (including phenoxy) is 2. The SMILES string of the molecule is CCCCOc1ccc(C(=O)NCC(=O)N2CCCN(Cc3ccc(OC)cc3)CC2)cc1. The van der Waals surface area contributed by atoms with Gasteiger partial charge in [0.25, 0.3) is 5.91 Å². The van der Waals surface area contributed by atoms with Crippen LogP contribution in [0.2, 0.25) is 0 Å². The first-order valence-electron chi connectivity index (χ1n) is 11.7. The van der Waals surface area contributed by atoms with Gasteiger partial charge in [-0.15, -0.1) is 0 Å². The first-order valence-corrected chi connectivity index (χ1v) is 11.7. The predicted octanol–water partition coefficient (Wildman–Crippen LogP) is 3.34. The van der Waals surface area contributed by atoms with Gasteiger partial charge in [0.05, 0.1) is 20.3 Å². The molecule has 0 atom stereocenters. The molecule has 7 nitrogen and oxygen atoms in total. The fraction of sp³-hybridized carbons (Fsp3) is 0.462. The number of nitrogens with zero attached hydrogens (tertiary/aromatic N) is 2. The number of hydrogen-bond donors (Lipinski definition) is 1. The van der Waals surface area contributed by atoms with Gasteiger partial charge < -0.3 is 19.7 Å². The third-order valence-electron chi connectivity index (χ3n) is 5.79. The summed E-state index contributed by atoms with van der Waals surface area (Å²) in [4.78, 5) is 29.3. The number of methoxy groups -OCH3 is 1. The minimum atomic E-state index is -0.251. The fourth-order valence-electron chi connectivity index (χ4n) is 3.77. The van der Waals surface area contributed by atoms with Gasteiger partial charge in [-0.05, 0) is 54.8 Å². The van der Waals surface area contributed by atoms with Crippen LogP contribution < -0.4 is 14.8 Å². The molecule has 0 aliphatic carbocycles. The summed E-state index contributed by atoms with van der Waals surface area (Å²) < 4.78 is 10.8. The molecule has 0 spiro atoms. The number of carbonyl (C=O) groups is 2. The smallest absolute Gasteiger partial charge is 0.251 e. The molecule has 33 heavy (non-hydrogen) atoms. The molecule has 0 unspecified atom stereocenters. The van der Waals surface area contributed by atoms with Crippen molar-refractivity contribution >= 4 is 11.8 Å². The van der Waals surface area contributed by atoms with Gasteiger partial charge in [0.2, 0.25) is 5.91 Å². The predicted molar refractivity (Wildman–Crippen MR) is 129 cm³/mol. The maximum atomic E-state index is 12.7. The van der Waals surface area contributed by atoms with Gasteiger partial charge in [0.1, 0.15) is 11.5 Å². The van der Waals surface area contributed by atoms with Crippen LogP contribution in [0.5, 0.6) is 11.5 Å². The van der Waals surface area contributed by atoms with Gasteiger partial charge in [0.15, 0.2) is 0 Å². The van der Waals surface area contributed by atoms with Crippen LogP contribution >= 0.6 is 0 Å². The summed E-state index contributed by atoms with van der Waals surface area (Å²) in [5.41, 5.74) is 1.75. The minimum absolute atomic E-state index is 0.00602. The highest BCUT2D eigenvalue weighted by atomic mass is 16.5. The Morgan fingerprint density at radius 1 is 0.939 bits per heavy atom. The monoisotopic (exact) mass is 453 g/mol. The van der Waals surface area contributed by atoms with E-state index in [0.717, 1.165) is 50.4 Å². The lowest BCUT2D eigenvalue weighted by Gasteiger charge is -2.22. The zero-order valence-corrected chi connectivity index (χ0v) is 19.7. The van der Waals surface area contributed by atoms with Gasteiger partial charge >= 0.3 is 0 Å². The maximum Gasteiger partial charge on any atom is 0.251 e. The Balaban J connectivity index is 1.42. The van der Waals surface area contributed by atoms with Gasteiger partial charge in [-0.25, -0.2) is 0 Å². The van der Waals surface area contributed by atoms with E-state index in [4.69, 9.17) is 9.47 Å². The van der Waals surface area contributed by atoms with Crippen LogP contribution in [0.25, 0.3) is 0 Å². The fourth-order valence-corrected chi connectivity index (χ4v) is 3.77. The number of rotatable bonds is 10. The van der Waals surface area contributed by atoms with E-state index in [1.54, 1.807) is 31.4 Å². The van der Waals surface area contributed by atoms with Gasteiger partial charge in [-0.3, -0.25) is 14.5 Å². The standard InChI is InChI=1S/C26H35N3O4/c1-3-4-18-33-24-12-8-22(9-13-24)26(31)27-19-25(30)29-15-5-14-28(16-17-29)20-21-6-10-23(32-2)11-7-21/h6-13H,3-5,14-20H2,1-2H3,(H,27,31). The van der Waals surface area contributed by atoms with Crippen molar-refractivity contribution in [1.82, 2.24) is 15.1 Å². The zero-order valence-electron chi connectivity index (χ0n) is 19.7. The summed E-state index contributed by atoms with van der Waals surface area (Å²) in [6.07, 6.45) is 2.99. The Morgan fingerprint density at radius 3 is 2.36 bits per heavy atom. The molecule has 3 rings (SSSR count). The second-order valence-corrected chi connectivity index (χ2v) is 8.27. The maximum absolute atomic E-state index is 12.7. The summed E-state index contributed by atoms with van der Waals surface area (Å²) in [5.74, 6) is 1.30. The third kappa shape index (κ3) is 7.79. The number of unbranched alkanes of at least 4 members (excludes halogenated alkanes) is 1.